The molecule has 1 aliphatic heterocycles. The van der Waals surface area contributed by atoms with E-state index >= 15 is 0 Å². The highest BCUT2D eigenvalue weighted by Gasteiger charge is 2.25. The molecule has 8 nitrogen and oxygen atoms in total. The van der Waals surface area contributed by atoms with Crippen molar-refractivity contribution in [2.24, 2.45) is 0 Å². The van der Waals surface area contributed by atoms with Crippen LogP contribution in [0.5, 0.6) is 0 Å². The van der Waals surface area contributed by atoms with Crippen molar-refractivity contribution in [1.29, 1.82) is 0 Å². The second kappa shape index (κ2) is 4.55. The molecule has 0 bridgehead atoms. The molecule has 102 valence electrons. The zero-order valence-electron chi connectivity index (χ0n) is 10.8. The molecule has 0 saturated carbocycles. The van der Waals surface area contributed by atoms with E-state index in [1.807, 2.05) is 0 Å². The van der Waals surface area contributed by atoms with Crippen molar-refractivity contribution in [3.05, 3.63) is 24.7 Å². The van der Waals surface area contributed by atoms with Crippen LogP contribution in [-0.4, -0.2) is 48.4 Å². The fourth-order valence-corrected chi connectivity index (χ4v) is 2.81. The van der Waals surface area contributed by atoms with Gasteiger partial charge in [0.15, 0.2) is 5.65 Å². The van der Waals surface area contributed by atoms with Gasteiger partial charge in [-0.2, -0.15) is 10.2 Å². The van der Waals surface area contributed by atoms with Crippen LogP contribution < -0.4 is 4.90 Å². The Kier molecular flexibility index (Phi) is 2.58. The highest BCUT2D eigenvalue weighted by molar-refractivity contribution is 5.86. The van der Waals surface area contributed by atoms with E-state index in [0.29, 0.717) is 5.92 Å². The molecule has 1 saturated heterocycles. The molecule has 4 rings (SSSR count). The van der Waals surface area contributed by atoms with E-state index in [2.05, 4.69) is 40.2 Å². The van der Waals surface area contributed by atoms with Crippen molar-refractivity contribution < 1.29 is 0 Å². The van der Waals surface area contributed by atoms with Gasteiger partial charge in [-0.15, -0.1) is 0 Å². The SMILES string of the molecule is c1n[nH]c([C@H]2CCCN(c3ncnc4[nH]ncc34)C2)n1. The van der Waals surface area contributed by atoms with E-state index in [1.54, 1.807) is 18.9 Å². The minimum atomic E-state index is 0.364. The third-order valence-corrected chi connectivity index (χ3v) is 3.77. The van der Waals surface area contributed by atoms with E-state index in [1.165, 1.54) is 0 Å². The van der Waals surface area contributed by atoms with Gasteiger partial charge < -0.3 is 4.90 Å². The molecule has 3 aromatic rings. The largest absolute Gasteiger partial charge is 0.355 e. The van der Waals surface area contributed by atoms with Gasteiger partial charge in [0, 0.05) is 19.0 Å². The highest BCUT2D eigenvalue weighted by Crippen LogP contribution is 2.29. The number of hydrogen-bond donors (Lipinski definition) is 2. The topological polar surface area (TPSA) is 99.3 Å². The Morgan fingerprint density at radius 1 is 1.10 bits per heavy atom. The van der Waals surface area contributed by atoms with Crippen molar-refractivity contribution in [3.8, 4) is 0 Å². The average molecular weight is 270 g/mol. The van der Waals surface area contributed by atoms with Gasteiger partial charge in [-0.25, -0.2) is 15.0 Å². The van der Waals surface area contributed by atoms with Gasteiger partial charge in [0.05, 0.1) is 11.6 Å². The summed E-state index contributed by atoms with van der Waals surface area (Å²) in [4.78, 5) is 15.2. The standard InChI is InChI=1S/C12H14N8/c1-2-8(10-14-7-17-18-10)5-20(3-1)12-9-4-16-19-11(9)13-6-15-12/h4,6-8H,1-3,5H2,(H,14,17,18)(H,13,15,16,19)/t8-/m0/s1. The van der Waals surface area contributed by atoms with E-state index in [4.69, 9.17) is 0 Å². The summed E-state index contributed by atoms with van der Waals surface area (Å²) in [6.45, 7) is 1.87. The van der Waals surface area contributed by atoms with Crippen LogP contribution in [-0.2, 0) is 0 Å². The predicted molar refractivity (Wildman–Crippen MR) is 72.3 cm³/mol. The third kappa shape index (κ3) is 1.80. The molecule has 1 aliphatic rings. The molecule has 0 amide bonds. The smallest absolute Gasteiger partial charge is 0.160 e. The van der Waals surface area contributed by atoms with Crippen LogP contribution in [0.3, 0.4) is 0 Å². The van der Waals surface area contributed by atoms with Gasteiger partial charge in [0.1, 0.15) is 24.3 Å². The first-order valence-corrected chi connectivity index (χ1v) is 6.66. The number of hydrogen-bond acceptors (Lipinski definition) is 6. The summed E-state index contributed by atoms with van der Waals surface area (Å²) in [7, 11) is 0. The summed E-state index contributed by atoms with van der Waals surface area (Å²) in [6, 6.07) is 0. The minimum absolute atomic E-state index is 0.364. The van der Waals surface area contributed by atoms with Gasteiger partial charge in [0.2, 0.25) is 0 Å². The molecule has 1 atom stereocenters. The maximum absolute atomic E-state index is 4.43. The summed E-state index contributed by atoms with van der Waals surface area (Å²) in [5, 5.41) is 14.8. The Morgan fingerprint density at radius 3 is 3.00 bits per heavy atom. The van der Waals surface area contributed by atoms with Crippen LogP contribution in [0.25, 0.3) is 11.0 Å². The van der Waals surface area contributed by atoms with Crippen LogP contribution in [0.15, 0.2) is 18.9 Å². The highest BCUT2D eigenvalue weighted by atomic mass is 15.2. The normalized spacial score (nSPS) is 19.6. The van der Waals surface area contributed by atoms with Gasteiger partial charge in [-0.3, -0.25) is 10.2 Å². The second-order valence-electron chi connectivity index (χ2n) is 4.99. The lowest BCUT2D eigenvalue weighted by Crippen LogP contribution is -2.35. The van der Waals surface area contributed by atoms with Crippen molar-refractivity contribution in [3.63, 3.8) is 0 Å². The van der Waals surface area contributed by atoms with E-state index < -0.39 is 0 Å². The molecular weight excluding hydrogens is 256 g/mol. The average Bonchev–Trinajstić information content (AvgIpc) is 3.18. The molecule has 0 unspecified atom stereocenters. The first kappa shape index (κ1) is 11.3. The van der Waals surface area contributed by atoms with Crippen molar-refractivity contribution in [1.82, 2.24) is 35.3 Å². The molecule has 3 aromatic heterocycles. The van der Waals surface area contributed by atoms with Crippen LogP contribution in [0, 0.1) is 0 Å². The summed E-state index contributed by atoms with van der Waals surface area (Å²) < 4.78 is 0. The van der Waals surface area contributed by atoms with Crippen LogP contribution in [0.1, 0.15) is 24.6 Å². The molecule has 1 fully saturated rings. The zero-order valence-corrected chi connectivity index (χ0v) is 10.8. The van der Waals surface area contributed by atoms with Crippen LogP contribution in [0.2, 0.25) is 0 Å². The monoisotopic (exact) mass is 270 g/mol. The Labute approximate surface area is 114 Å². The molecule has 20 heavy (non-hydrogen) atoms. The number of H-pyrrole nitrogens is 2. The second-order valence-corrected chi connectivity index (χ2v) is 4.99. The number of aromatic nitrogens is 7. The number of anilines is 1. The first-order valence-electron chi connectivity index (χ1n) is 6.66. The van der Waals surface area contributed by atoms with E-state index in [0.717, 1.165) is 48.6 Å². The maximum Gasteiger partial charge on any atom is 0.160 e. The lowest BCUT2D eigenvalue weighted by molar-refractivity contribution is 0.490. The van der Waals surface area contributed by atoms with Gasteiger partial charge in [0.25, 0.3) is 0 Å². The van der Waals surface area contributed by atoms with Crippen LogP contribution >= 0.6 is 0 Å². The Balaban J connectivity index is 1.66. The number of rotatable bonds is 2. The number of nitrogens with zero attached hydrogens (tertiary/aromatic N) is 6. The molecule has 2 N–H and O–H groups in total. The quantitative estimate of drug-likeness (QED) is 0.716. The number of aromatic amines is 2. The summed E-state index contributed by atoms with van der Waals surface area (Å²) in [6.07, 6.45) is 7.14. The Morgan fingerprint density at radius 2 is 2.10 bits per heavy atom. The van der Waals surface area contributed by atoms with Crippen molar-refractivity contribution in [2.45, 2.75) is 18.8 Å². The van der Waals surface area contributed by atoms with Gasteiger partial charge >= 0.3 is 0 Å². The lowest BCUT2D eigenvalue weighted by atomic mass is 9.97. The third-order valence-electron chi connectivity index (χ3n) is 3.77. The zero-order chi connectivity index (χ0) is 13.4. The van der Waals surface area contributed by atoms with Crippen molar-refractivity contribution >= 4 is 16.9 Å². The fraction of sp³-hybridized carbons (Fsp3) is 0.417. The number of piperidine rings is 1. The summed E-state index contributed by atoms with van der Waals surface area (Å²) in [5.41, 5.74) is 0.775. The Hall–Kier alpha value is -2.51. The maximum atomic E-state index is 4.43. The molecule has 4 heterocycles. The molecule has 8 heteroatoms. The van der Waals surface area contributed by atoms with E-state index in [9.17, 15) is 0 Å². The first-order chi connectivity index (χ1) is 9.92. The molecule has 0 aliphatic carbocycles. The molecule has 0 aromatic carbocycles. The lowest BCUT2D eigenvalue weighted by Gasteiger charge is -2.32. The summed E-state index contributed by atoms with van der Waals surface area (Å²) in [5.74, 6) is 2.25. The number of nitrogens with one attached hydrogen (secondary N) is 2. The Bertz CT molecular complexity index is 703. The van der Waals surface area contributed by atoms with E-state index in [-0.39, 0.29) is 0 Å². The molecule has 0 radical (unpaired) electrons. The molecular formula is C12H14N8. The number of fused-ring (bicyclic) bond motifs is 1. The van der Waals surface area contributed by atoms with Crippen molar-refractivity contribution in [2.75, 3.05) is 18.0 Å². The fourth-order valence-electron chi connectivity index (χ4n) is 2.81. The summed E-state index contributed by atoms with van der Waals surface area (Å²) >= 11 is 0. The van der Waals surface area contributed by atoms with Gasteiger partial charge in [-0.05, 0) is 12.8 Å². The molecule has 0 spiro atoms. The van der Waals surface area contributed by atoms with Crippen LogP contribution in [0.4, 0.5) is 5.82 Å². The minimum Gasteiger partial charge on any atom is -0.355 e. The predicted octanol–water partition coefficient (Wildman–Crippen LogP) is 0.855. The van der Waals surface area contributed by atoms with Gasteiger partial charge in [-0.1, -0.05) is 0 Å².